The number of alkyl halides is 3. The quantitative estimate of drug-likeness (QED) is 0.524. The van der Waals surface area contributed by atoms with Gasteiger partial charge in [0, 0.05) is 33.1 Å². The minimum Gasteiger partial charge on any atom is -0.427 e. The fourth-order valence-corrected chi connectivity index (χ4v) is 3.32. The van der Waals surface area contributed by atoms with E-state index in [-0.39, 0.29) is 36.6 Å². The Hall–Kier alpha value is -2.00. The van der Waals surface area contributed by atoms with Crippen molar-refractivity contribution in [3.8, 4) is 11.5 Å². The van der Waals surface area contributed by atoms with Crippen LogP contribution in [0, 0.1) is 0 Å². The Kier molecular flexibility index (Phi) is 9.90. The van der Waals surface area contributed by atoms with Crippen LogP contribution in [0.1, 0.15) is 24.1 Å². The molecule has 166 valence electrons. The molecule has 1 N–H and O–H groups in total. The van der Waals surface area contributed by atoms with Gasteiger partial charge >= 0.3 is 12.3 Å². The first-order valence-electron chi connectivity index (χ1n) is 8.91. The monoisotopic (exact) mass is 466 g/mol. The van der Waals surface area contributed by atoms with Gasteiger partial charge in [-0.2, -0.15) is 0 Å². The van der Waals surface area contributed by atoms with Crippen LogP contribution in [0.4, 0.5) is 13.2 Å². The van der Waals surface area contributed by atoms with Crippen LogP contribution in [0.15, 0.2) is 48.5 Å². The smallest absolute Gasteiger partial charge is 0.427 e. The Morgan fingerprint density at radius 2 is 1.63 bits per heavy atom. The first-order chi connectivity index (χ1) is 13.3. The summed E-state index contributed by atoms with van der Waals surface area (Å²) in [6, 6.07) is 12.9. The summed E-state index contributed by atoms with van der Waals surface area (Å²) in [6.45, 7) is 4.52. The first kappa shape index (κ1) is 26.0. The number of hydrogen-bond acceptors (Lipinski definition) is 5. The zero-order valence-corrected chi connectivity index (χ0v) is 17.8. The van der Waals surface area contributed by atoms with E-state index >= 15 is 0 Å². The molecule has 0 amide bonds. The average Bonchev–Trinajstić information content (AvgIpc) is 2.63. The Morgan fingerprint density at radius 3 is 2.20 bits per heavy atom. The van der Waals surface area contributed by atoms with E-state index in [1.807, 2.05) is 6.07 Å². The van der Waals surface area contributed by atoms with Crippen molar-refractivity contribution in [2.45, 2.75) is 19.3 Å². The molecule has 3 rings (SSSR count). The van der Waals surface area contributed by atoms with Gasteiger partial charge in [-0.05, 0) is 35.4 Å². The van der Waals surface area contributed by atoms with Gasteiger partial charge in [0.1, 0.15) is 11.5 Å². The van der Waals surface area contributed by atoms with Gasteiger partial charge in [-0.25, -0.2) is 0 Å². The predicted octanol–water partition coefficient (Wildman–Crippen LogP) is 4.35. The third-order valence-electron chi connectivity index (χ3n) is 4.38. The van der Waals surface area contributed by atoms with Gasteiger partial charge in [0.2, 0.25) is 0 Å². The van der Waals surface area contributed by atoms with Gasteiger partial charge in [0.05, 0.1) is 6.04 Å². The van der Waals surface area contributed by atoms with E-state index in [4.69, 9.17) is 4.74 Å². The normalized spacial score (nSPS) is 15.3. The molecule has 0 aromatic heterocycles. The van der Waals surface area contributed by atoms with Crippen molar-refractivity contribution >= 4 is 30.8 Å². The number of halogens is 5. The molecule has 0 spiro atoms. The van der Waals surface area contributed by atoms with Gasteiger partial charge in [0.25, 0.3) is 0 Å². The number of esters is 1. The van der Waals surface area contributed by atoms with Gasteiger partial charge < -0.3 is 14.8 Å². The molecule has 0 aliphatic carbocycles. The lowest BCUT2D eigenvalue weighted by atomic mass is 9.96. The van der Waals surface area contributed by atoms with Crippen LogP contribution in [0.5, 0.6) is 11.5 Å². The van der Waals surface area contributed by atoms with Gasteiger partial charge in [-0.15, -0.1) is 38.0 Å². The van der Waals surface area contributed by atoms with Gasteiger partial charge in [-0.1, -0.05) is 24.3 Å². The molecule has 1 aliphatic rings. The van der Waals surface area contributed by atoms with Gasteiger partial charge in [0.15, 0.2) is 0 Å². The summed E-state index contributed by atoms with van der Waals surface area (Å²) in [5, 5.41) is 3.29. The van der Waals surface area contributed by atoms with Crippen LogP contribution >= 0.6 is 24.8 Å². The third kappa shape index (κ3) is 7.36. The van der Waals surface area contributed by atoms with Crippen molar-refractivity contribution in [3.63, 3.8) is 0 Å². The lowest BCUT2D eigenvalue weighted by Gasteiger charge is -2.35. The predicted molar refractivity (Wildman–Crippen MR) is 112 cm³/mol. The largest absolute Gasteiger partial charge is 0.573 e. The molecule has 1 heterocycles. The Balaban J connectivity index is 0.00000225. The minimum atomic E-state index is -4.72. The Morgan fingerprint density at radius 1 is 1.00 bits per heavy atom. The highest BCUT2D eigenvalue weighted by Crippen LogP contribution is 2.33. The molecule has 0 radical (unpaired) electrons. The maximum absolute atomic E-state index is 12.4. The summed E-state index contributed by atoms with van der Waals surface area (Å²) in [6.07, 6.45) is -4.72. The number of rotatable bonds is 5. The minimum absolute atomic E-state index is 0. The molecule has 5 nitrogen and oxygen atoms in total. The molecule has 1 fully saturated rings. The second-order valence-electron chi connectivity index (χ2n) is 6.47. The van der Waals surface area contributed by atoms with Crippen molar-refractivity contribution < 1.29 is 27.4 Å². The molecule has 1 atom stereocenters. The molecule has 10 heteroatoms. The summed E-state index contributed by atoms with van der Waals surface area (Å²) in [7, 11) is 0. The highest BCUT2D eigenvalue weighted by atomic mass is 35.5. The van der Waals surface area contributed by atoms with Crippen molar-refractivity contribution in [1.82, 2.24) is 10.2 Å². The van der Waals surface area contributed by atoms with E-state index < -0.39 is 12.3 Å². The molecule has 2 aromatic rings. The lowest BCUT2D eigenvalue weighted by Crippen LogP contribution is -2.45. The Labute approximate surface area is 185 Å². The number of nitrogens with zero attached hydrogens (tertiary/aromatic N) is 1. The van der Waals surface area contributed by atoms with E-state index in [1.54, 1.807) is 30.3 Å². The highest BCUT2D eigenvalue weighted by Gasteiger charge is 2.31. The molecule has 0 bridgehead atoms. The second kappa shape index (κ2) is 11.4. The van der Waals surface area contributed by atoms with Gasteiger partial charge in [-0.3, -0.25) is 9.69 Å². The molecule has 0 saturated carbocycles. The summed E-state index contributed by atoms with van der Waals surface area (Å²) in [5.74, 6) is -0.240. The molecular formula is C20H23Cl2F3N2O3. The molecule has 1 saturated heterocycles. The van der Waals surface area contributed by atoms with E-state index in [2.05, 4.69) is 15.0 Å². The van der Waals surface area contributed by atoms with Crippen LogP contribution < -0.4 is 14.8 Å². The summed E-state index contributed by atoms with van der Waals surface area (Å²) >= 11 is 0. The van der Waals surface area contributed by atoms with Crippen molar-refractivity contribution in [3.05, 3.63) is 59.7 Å². The van der Waals surface area contributed by atoms with E-state index in [9.17, 15) is 18.0 Å². The average molecular weight is 467 g/mol. The molecule has 1 aliphatic heterocycles. The first-order valence-corrected chi connectivity index (χ1v) is 8.91. The number of nitrogens with one attached hydrogen (secondary N) is 1. The topological polar surface area (TPSA) is 50.8 Å². The number of ether oxygens (including phenoxy) is 2. The molecule has 30 heavy (non-hydrogen) atoms. The van der Waals surface area contributed by atoms with E-state index in [0.29, 0.717) is 5.75 Å². The fraction of sp³-hybridized carbons (Fsp3) is 0.350. The summed E-state index contributed by atoms with van der Waals surface area (Å²) < 4.78 is 46.4. The summed E-state index contributed by atoms with van der Waals surface area (Å²) in [5.41, 5.74) is 1.72. The van der Waals surface area contributed by atoms with Crippen LogP contribution in [-0.4, -0.2) is 43.4 Å². The van der Waals surface area contributed by atoms with Crippen LogP contribution in [0.3, 0.4) is 0 Å². The molecule has 0 unspecified atom stereocenters. The van der Waals surface area contributed by atoms with Crippen molar-refractivity contribution in [2.24, 2.45) is 0 Å². The number of hydrogen-bond donors (Lipinski definition) is 1. The molecular weight excluding hydrogens is 444 g/mol. The SMILES string of the molecule is CC(=O)Oc1cccc([C@H](c2ccc(OC(F)(F)F)cc2)N2CCNCC2)c1.Cl.Cl. The van der Waals surface area contributed by atoms with E-state index in [0.717, 1.165) is 37.3 Å². The second-order valence-corrected chi connectivity index (χ2v) is 6.47. The zero-order chi connectivity index (χ0) is 20.1. The van der Waals surface area contributed by atoms with Crippen LogP contribution in [0.25, 0.3) is 0 Å². The summed E-state index contributed by atoms with van der Waals surface area (Å²) in [4.78, 5) is 13.5. The highest BCUT2D eigenvalue weighted by molar-refractivity contribution is 5.85. The van der Waals surface area contributed by atoms with E-state index in [1.165, 1.54) is 19.1 Å². The van der Waals surface area contributed by atoms with Crippen LogP contribution in [-0.2, 0) is 4.79 Å². The number of benzene rings is 2. The number of carbonyl (C=O) groups is 1. The fourth-order valence-electron chi connectivity index (χ4n) is 3.32. The lowest BCUT2D eigenvalue weighted by molar-refractivity contribution is -0.274. The van der Waals surface area contributed by atoms with Crippen LogP contribution in [0.2, 0.25) is 0 Å². The third-order valence-corrected chi connectivity index (χ3v) is 4.38. The van der Waals surface area contributed by atoms with Crippen molar-refractivity contribution in [1.29, 1.82) is 0 Å². The maximum Gasteiger partial charge on any atom is 0.573 e. The molecule has 2 aromatic carbocycles. The Bertz CT molecular complexity index is 814. The zero-order valence-electron chi connectivity index (χ0n) is 16.1. The van der Waals surface area contributed by atoms with Crippen molar-refractivity contribution in [2.75, 3.05) is 26.2 Å². The number of carbonyl (C=O) groups excluding carboxylic acids is 1. The standard InChI is InChI=1S/C20H21F3N2O3.2ClH/c1-14(26)27-18-4-2-3-16(13-18)19(25-11-9-24-10-12-25)15-5-7-17(8-6-15)28-20(21,22)23;;/h2-8,13,19,24H,9-12H2,1H3;2*1H/t19-;;/m0../s1. The number of piperazine rings is 1. The maximum atomic E-state index is 12.4.